The summed E-state index contributed by atoms with van der Waals surface area (Å²) in [4.78, 5) is 12.0. The summed E-state index contributed by atoms with van der Waals surface area (Å²) in [6, 6.07) is -0.383. The lowest BCUT2D eigenvalue weighted by atomic mass is 9.90. The molecule has 1 aliphatic rings. The van der Waals surface area contributed by atoms with Crippen LogP contribution in [0.4, 0.5) is 4.79 Å². The van der Waals surface area contributed by atoms with Crippen LogP contribution in [0, 0.1) is 5.92 Å². The van der Waals surface area contributed by atoms with Crippen molar-refractivity contribution in [3.05, 3.63) is 0 Å². The second kappa shape index (κ2) is 10.1. The molecule has 2 amide bonds. The van der Waals surface area contributed by atoms with Crippen LogP contribution in [0.1, 0.15) is 58.8 Å². The zero-order valence-electron chi connectivity index (χ0n) is 14.4. The molecule has 136 valence electrons. The number of hydrogen-bond donors (Lipinski definition) is 3. The number of aliphatic hydroxyl groups excluding tert-OH is 1. The standard InChI is InChI=1S/C16H32N2O4S/c1-13(2)23(21,22)12-10-17-16(20)18-15(9-11-19)14-7-5-3-4-6-8-14/h13-15,19H,3-12H2,1-2H3,(H2,17,18,20). The van der Waals surface area contributed by atoms with Crippen LogP contribution < -0.4 is 10.6 Å². The summed E-state index contributed by atoms with van der Waals surface area (Å²) in [6.07, 6.45) is 7.51. The molecule has 0 bridgehead atoms. The van der Waals surface area contributed by atoms with Gasteiger partial charge in [-0.3, -0.25) is 0 Å². The van der Waals surface area contributed by atoms with E-state index in [0.717, 1.165) is 12.8 Å². The Balaban J connectivity index is 2.44. The smallest absolute Gasteiger partial charge is 0.315 e. The molecule has 3 N–H and O–H groups in total. The van der Waals surface area contributed by atoms with E-state index >= 15 is 0 Å². The van der Waals surface area contributed by atoms with Crippen molar-refractivity contribution in [1.82, 2.24) is 10.6 Å². The number of aliphatic hydroxyl groups is 1. The Labute approximate surface area is 140 Å². The van der Waals surface area contributed by atoms with E-state index in [1.54, 1.807) is 13.8 Å². The van der Waals surface area contributed by atoms with Gasteiger partial charge >= 0.3 is 6.03 Å². The summed E-state index contributed by atoms with van der Waals surface area (Å²) >= 11 is 0. The summed E-state index contributed by atoms with van der Waals surface area (Å²) < 4.78 is 23.4. The van der Waals surface area contributed by atoms with Crippen LogP contribution in [0.3, 0.4) is 0 Å². The molecule has 6 nitrogen and oxygen atoms in total. The largest absolute Gasteiger partial charge is 0.396 e. The van der Waals surface area contributed by atoms with Crippen molar-refractivity contribution in [2.75, 3.05) is 18.9 Å². The number of carbonyl (C=O) groups excluding carboxylic acids is 1. The average Bonchev–Trinajstić information content (AvgIpc) is 2.75. The van der Waals surface area contributed by atoms with Crippen molar-refractivity contribution in [3.8, 4) is 0 Å². The van der Waals surface area contributed by atoms with E-state index in [-0.39, 0.29) is 31.0 Å². The highest BCUT2D eigenvalue weighted by Crippen LogP contribution is 2.26. The van der Waals surface area contributed by atoms with Crippen molar-refractivity contribution in [2.24, 2.45) is 5.92 Å². The van der Waals surface area contributed by atoms with E-state index in [0.29, 0.717) is 12.3 Å². The molecule has 0 heterocycles. The fourth-order valence-corrected chi connectivity index (χ4v) is 3.90. The quantitative estimate of drug-likeness (QED) is 0.583. The zero-order valence-corrected chi connectivity index (χ0v) is 15.2. The average molecular weight is 349 g/mol. The van der Waals surface area contributed by atoms with E-state index < -0.39 is 15.1 Å². The summed E-state index contributed by atoms with van der Waals surface area (Å²) in [5.74, 6) is 0.349. The molecule has 1 unspecified atom stereocenters. The van der Waals surface area contributed by atoms with Gasteiger partial charge < -0.3 is 15.7 Å². The maximum absolute atomic E-state index is 12.0. The molecule has 0 radical (unpaired) electrons. The minimum absolute atomic E-state index is 0.0418. The maximum atomic E-state index is 12.0. The number of sulfone groups is 1. The second-order valence-corrected chi connectivity index (χ2v) is 9.36. The van der Waals surface area contributed by atoms with E-state index in [1.807, 2.05) is 0 Å². The fourth-order valence-electron chi connectivity index (χ4n) is 3.04. The van der Waals surface area contributed by atoms with Gasteiger partial charge in [-0.2, -0.15) is 0 Å². The third kappa shape index (κ3) is 7.52. The first-order chi connectivity index (χ1) is 10.9. The van der Waals surface area contributed by atoms with E-state index in [2.05, 4.69) is 10.6 Å². The van der Waals surface area contributed by atoms with Gasteiger partial charge in [0.25, 0.3) is 0 Å². The van der Waals surface area contributed by atoms with E-state index in [1.165, 1.54) is 25.7 Å². The minimum Gasteiger partial charge on any atom is -0.396 e. The Morgan fingerprint density at radius 3 is 2.30 bits per heavy atom. The van der Waals surface area contributed by atoms with Crippen LogP contribution in [0.5, 0.6) is 0 Å². The lowest BCUT2D eigenvalue weighted by Crippen LogP contribution is -2.47. The van der Waals surface area contributed by atoms with E-state index in [4.69, 9.17) is 0 Å². The normalized spacial score (nSPS) is 18.4. The lowest BCUT2D eigenvalue weighted by molar-refractivity contribution is 0.208. The third-order valence-electron chi connectivity index (χ3n) is 4.62. The minimum atomic E-state index is -3.14. The first kappa shape index (κ1) is 20.2. The van der Waals surface area contributed by atoms with Gasteiger partial charge in [-0.25, -0.2) is 13.2 Å². The molecule has 1 saturated carbocycles. The highest BCUT2D eigenvalue weighted by molar-refractivity contribution is 7.92. The van der Waals surface area contributed by atoms with Crippen molar-refractivity contribution < 1.29 is 18.3 Å². The third-order valence-corrected chi connectivity index (χ3v) is 6.83. The van der Waals surface area contributed by atoms with Crippen LogP contribution in [-0.4, -0.2) is 49.8 Å². The molecule has 1 atom stereocenters. The molecule has 1 fully saturated rings. The van der Waals surface area contributed by atoms with E-state index in [9.17, 15) is 18.3 Å². The number of carbonyl (C=O) groups is 1. The van der Waals surface area contributed by atoms with Gasteiger partial charge in [-0.15, -0.1) is 0 Å². The van der Waals surface area contributed by atoms with Gasteiger partial charge in [-0.1, -0.05) is 25.7 Å². The van der Waals surface area contributed by atoms with Gasteiger partial charge in [0.1, 0.15) is 0 Å². The molecule has 7 heteroatoms. The predicted octanol–water partition coefficient (Wildman–Crippen LogP) is 1.83. The summed E-state index contributed by atoms with van der Waals surface area (Å²) in [6.45, 7) is 3.43. The molecule has 1 aliphatic carbocycles. The number of urea groups is 1. The lowest BCUT2D eigenvalue weighted by Gasteiger charge is -2.27. The fraction of sp³-hybridized carbons (Fsp3) is 0.938. The van der Waals surface area contributed by atoms with Crippen LogP contribution in [0.15, 0.2) is 0 Å². The number of rotatable bonds is 8. The molecular weight excluding hydrogens is 316 g/mol. The van der Waals surface area contributed by atoms with Gasteiger partial charge in [0.15, 0.2) is 9.84 Å². The number of amides is 2. The molecule has 0 aliphatic heterocycles. The first-order valence-electron chi connectivity index (χ1n) is 8.73. The topological polar surface area (TPSA) is 95.5 Å². The van der Waals surface area contributed by atoms with Gasteiger partial charge in [0.05, 0.1) is 11.0 Å². The Morgan fingerprint density at radius 2 is 1.78 bits per heavy atom. The molecular formula is C16H32N2O4S. The molecule has 0 aromatic rings. The van der Waals surface area contributed by atoms with Crippen molar-refractivity contribution in [1.29, 1.82) is 0 Å². The summed E-state index contributed by atoms with van der Waals surface area (Å²) in [7, 11) is -3.14. The van der Waals surface area contributed by atoms with Crippen molar-refractivity contribution in [3.63, 3.8) is 0 Å². The Kier molecular flexibility index (Phi) is 8.91. The second-order valence-electron chi connectivity index (χ2n) is 6.69. The van der Waals surface area contributed by atoms with Gasteiger partial charge in [0.2, 0.25) is 0 Å². The highest BCUT2D eigenvalue weighted by Gasteiger charge is 2.24. The van der Waals surface area contributed by atoms with Crippen molar-refractivity contribution >= 4 is 15.9 Å². The Morgan fingerprint density at radius 1 is 1.17 bits per heavy atom. The highest BCUT2D eigenvalue weighted by atomic mass is 32.2. The number of hydrogen-bond acceptors (Lipinski definition) is 4. The van der Waals surface area contributed by atoms with Crippen LogP contribution >= 0.6 is 0 Å². The molecule has 23 heavy (non-hydrogen) atoms. The molecule has 1 rings (SSSR count). The number of nitrogens with one attached hydrogen (secondary N) is 2. The Bertz CT molecular complexity index is 443. The SMILES string of the molecule is CC(C)S(=O)(=O)CCNC(=O)NC(CCO)C1CCCCCC1. The molecule has 0 spiro atoms. The first-order valence-corrected chi connectivity index (χ1v) is 10.4. The zero-order chi connectivity index (χ0) is 17.3. The summed E-state index contributed by atoms with van der Waals surface area (Å²) in [5.41, 5.74) is 0. The van der Waals surface area contributed by atoms with Gasteiger partial charge in [-0.05, 0) is 39.0 Å². The molecule has 0 aromatic heterocycles. The van der Waals surface area contributed by atoms with Crippen LogP contribution in [-0.2, 0) is 9.84 Å². The van der Waals surface area contributed by atoms with Crippen LogP contribution in [0.25, 0.3) is 0 Å². The Hall–Kier alpha value is -0.820. The van der Waals surface area contributed by atoms with Gasteiger partial charge in [0, 0.05) is 19.2 Å². The molecule has 0 aromatic carbocycles. The van der Waals surface area contributed by atoms with Crippen molar-refractivity contribution in [2.45, 2.75) is 70.1 Å². The summed E-state index contributed by atoms with van der Waals surface area (Å²) in [5, 5.41) is 14.4. The molecule has 0 saturated heterocycles. The van der Waals surface area contributed by atoms with Crippen LogP contribution in [0.2, 0.25) is 0 Å². The maximum Gasteiger partial charge on any atom is 0.315 e. The predicted molar refractivity (Wildman–Crippen MR) is 92.1 cm³/mol. The monoisotopic (exact) mass is 348 g/mol.